The molecular weight excluding hydrogens is 513 g/mol. The molecular formula is C24H40IN7. The molecule has 1 aliphatic rings. The summed E-state index contributed by atoms with van der Waals surface area (Å²) < 4.78 is 2.00. The van der Waals surface area contributed by atoms with Gasteiger partial charge < -0.3 is 15.2 Å². The van der Waals surface area contributed by atoms with E-state index in [1.807, 2.05) is 18.5 Å². The molecule has 1 atom stereocenters. The molecule has 2 N–H and O–H groups in total. The third-order valence-corrected chi connectivity index (χ3v) is 6.41. The zero-order valence-corrected chi connectivity index (χ0v) is 22.4. The summed E-state index contributed by atoms with van der Waals surface area (Å²) in [6.45, 7) is 9.77. The van der Waals surface area contributed by atoms with Crippen molar-refractivity contribution in [3.8, 4) is 0 Å². The first-order valence-corrected chi connectivity index (χ1v) is 11.8. The average Bonchev–Trinajstić information content (AvgIpc) is 3.13. The number of hydrogen-bond donors (Lipinski definition) is 2. The second-order valence-corrected chi connectivity index (χ2v) is 8.40. The third-order valence-electron chi connectivity index (χ3n) is 6.41. The highest BCUT2D eigenvalue weighted by molar-refractivity contribution is 14.0. The van der Waals surface area contributed by atoms with Crippen LogP contribution in [0.1, 0.15) is 69.2 Å². The first kappa shape index (κ1) is 26.6. The highest BCUT2D eigenvalue weighted by Gasteiger charge is 2.20. The molecule has 1 aromatic heterocycles. The van der Waals surface area contributed by atoms with Gasteiger partial charge in [-0.3, -0.25) is 4.90 Å². The summed E-state index contributed by atoms with van der Waals surface area (Å²) in [6.07, 6.45) is 6.34. The minimum Gasteiger partial charge on any atom is -0.354 e. The van der Waals surface area contributed by atoms with Crippen LogP contribution in [0.15, 0.2) is 35.3 Å². The highest BCUT2D eigenvalue weighted by atomic mass is 127. The second-order valence-electron chi connectivity index (χ2n) is 8.40. The van der Waals surface area contributed by atoms with E-state index in [1.165, 1.54) is 37.7 Å². The fourth-order valence-corrected chi connectivity index (χ4v) is 4.32. The van der Waals surface area contributed by atoms with Gasteiger partial charge in [0, 0.05) is 19.6 Å². The SMILES string of the molecule is CCN(CC)C(CNC(=NCc1nnc(C)n1C)NC1CCCCC1)c1ccccc1.I. The molecule has 1 fully saturated rings. The lowest BCUT2D eigenvalue weighted by molar-refractivity contribution is 0.218. The fraction of sp³-hybridized carbons (Fsp3) is 0.625. The zero-order valence-electron chi connectivity index (χ0n) is 20.0. The molecule has 0 amide bonds. The molecule has 8 heteroatoms. The highest BCUT2D eigenvalue weighted by Crippen LogP contribution is 2.20. The largest absolute Gasteiger partial charge is 0.354 e. The van der Waals surface area contributed by atoms with Crippen molar-refractivity contribution >= 4 is 29.9 Å². The van der Waals surface area contributed by atoms with Gasteiger partial charge in [-0.05, 0) is 38.4 Å². The van der Waals surface area contributed by atoms with Gasteiger partial charge in [0.05, 0.1) is 6.04 Å². The number of benzene rings is 1. The van der Waals surface area contributed by atoms with Crippen molar-refractivity contribution in [2.45, 2.75) is 71.5 Å². The Labute approximate surface area is 210 Å². The van der Waals surface area contributed by atoms with Gasteiger partial charge in [-0.25, -0.2) is 4.99 Å². The number of halogens is 1. The van der Waals surface area contributed by atoms with E-state index in [0.29, 0.717) is 18.6 Å². The molecule has 0 aliphatic heterocycles. The van der Waals surface area contributed by atoms with E-state index < -0.39 is 0 Å². The van der Waals surface area contributed by atoms with Gasteiger partial charge >= 0.3 is 0 Å². The molecule has 7 nitrogen and oxygen atoms in total. The number of likely N-dealkylation sites (N-methyl/N-ethyl adjacent to an activating group) is 1. The van der Waals surface area contributed by atoms with Crippen molar-refractivity contribution in [3.63, 3.8) is 0 Å². The molecule has 1 unspecified atom stereocenters. The molecule has 178 valence electrons. The predicted octanol–water partition coefficient (Wildman–Crippen LogP) is 4.19. The summed E-state index contributed by atoms with van der Waals surface area (Å²) >= 11 is 0. The normalized spacial score (nSPS) is 16.0. The lowest BCUT2D eigenvalue weighted by Gasteiger charge is -2.32. The summed E-state index contributed by atoms with van der Waals surface area (Å²) in [6, 6.07) is 11.6. The van der Waals surface area contributed by atoms with E-state index >= 15 is 0 Å². The van der Waals surface area contributed by atoms with Crippen molar-refractivity contribution < 1.29 is 0 Å². The van der Waals surface area contributed by atoms with Crippen LogP contribution in [0.3, 0.4) is 0 Å². The number of guanidine groups is 1. The van der Waals surface area contributed by atoms with Crippen molar-refractivity contribution in [1.82, 2.24) is 30.3 Å². The molecule has 0 spiro atoms. The molecule has 1 heterocycles. The van der Waals surface area contributed by atoms with Gasteiger partial charge in [-0.15, -0.1) is 34.2 Å². The summed E-state index contributed by atoms with van der Waals surface area (Å²) in [5, 5.41) is 15.8. The Kier molecular flexibility index (Phi) is 11.4. The number of aryl methyl sites for hydroxylation is 1. The summed E-state index contributed by atoms with van der Waals surface area (Å²) in [5.74, 6) is 2.66. The van der Waals surface area contributed by atoms with Crippen molar-refractivity contribution in [2.75, 3.05) is 19.6 Å². The molecule has 0 radical (unpaired) electrons. The molecule has 3 rings (SSSR count). The van der Waals surface area contributed by atoms with Crippen LogP contribution in [0.25, 0.3) is 0 Å². The maximum absolute atomic E-state index is 4.89. The Hall–Kier alpha value is -1.68. The Morgan fingerprint density at radius 1 is 1.12 bits per heavy atom. The van der Waals surface area contributed by atoms with Crippen LogP contribution in [0.4, 0.5) is 0 Å². The van der Waals surface area contributed by atoms with Crippen molar-refractivity contribution in [2.24, 2.45) is 12.0 Å². The number of rotatable bonds is 9. The van der Waals surface area contributed by atoms with Gasteiger partial charge in [-0.2, -0.15) is 0 Å². The summed E-state index contributed by atoms with van der Waals surface area (Å²) in [5.41, 5.74) is 1.33. The quantitative estimate of drug-likeness (QED) is 0.277. The first-order chi connectivity index (χ1) is 15.1. The minimum atomic E-state index is 0. The van der Waals surface area contributed by atoms with Gasteiger partial charge in [0.15, 0.2) is 11.8 Å². The second kappa shape index (κ2) is 13.8. The van der Waals surface area contributed by atoms with Gasteiger partial charge in [0.2, 0.25) is 0 Å². The van der Waals surface area contributed by atoms with Crippen molar-refractivity contribution in [3.05, 3.63) is 47.5 Å². The number of aliphatic imine (C=N–C) groups is 1. The summed E-state index contributed by atoms with van der Waals surface area (Å²) in [7, 11) is 1.99. The molecule has 0 saturated heterocycles. The molecule has 32 heavy (non-hydrogen) atoms. The van der Waals surface area contributed by atoms with Crippen LogP contribution in [0.5, 0.6) is 0 Å². The Morgan fingerprint density at radius 3 is 2.41 bits per heavy atom. The van der Waals surface area contributed by atoms with Gasteiger partial charge in [-0.1, -0.05) is 63.4 Å². The van der Waals surface area contributed by atoms with Crippen LogP contribution >= 0.6 is 24.0 Å². The standard InChI is InChI=1S/C24H39N7.HI/c1-5-31(6-2)22(20-13-9-7-10-14-20)17-25-24(27-21-15-11-8-12-16-21)26-18-23-29-28-19(3)30(23)4;/h7,9-10,13-14,21-22H,5-6,8,11-12,15-18H2,1-4H3,(H2,25,26,27);1H. The molecule has 2 aromatic rings. The van der Waals surface area contributed by atoms with Crippen LogP contribution in [0, 0.1) is 6.92 Å². The maximum atomic E-state index is 4.89. The van der Waals surface area contributed by atoms with Gasteiger partial charge in [0.25, 0.3) is 0 Å². The van der Waals surface area contributed by atoms with E-state index in [0.717, 1.165) is 37.2 Å². The number of hydrogen-bond acceptors (Lipinski definition) is 4. The molecule has 1 aromatic carbocycles. The van der Waals surface area contributed by atoms with Crippen LogP contribution in [0.2, 0.25) is 0 Å². The number of aromatic nitrogens is 3. The zero-order chi connectivity index (χ0) is 22.1. The smallest absolute Gasteiger partial charge is 0.191 e. The average molecular weight is 554 g/mol. The first-order valence-electron chi connectivity index (χ1n) is 11.8. The Balaban J connectivity index is 0.00000363. The molecule has 1 saturated carbocycles. The van der Waals surface area contributed by atoms with E-state index in [1.54, 1.807) is 0 Å². The number of nitrogens with one attached hydrogen (secondary N) is 2. The van der Waals surface area contributed by atoms with E-state index in [4.69, 9.17) is 4.99 Å². The summed E-state index contributed by atoms with van der Waals surface area (Å²) in [4.78, 5) is 7.38. The number of nitrogens with zero attached hydrogens (tertiary/aromatic N) is 5. The van der Waals surface area contributed by atoms with E-state index in [2.05, 4.69) is 69.9 Å². The fourth-order valence-electron chi connectivity index (χ4n) is 4.32. The van der Waals surface area contributed by atoms with Gasteiger partial charge in [0.1, 0.15) is 12.4 Å². The van der Waals surface area contributed by atoms with Crippen LogP contribution < -0.4 is 10.6 Å². The molecule has 0 bridgehead atoms. The lowest BCUT2D eigenvalue weighted by Crippen LogP contribution is -2.47. The van der Waals surface area contributed by atoms with E-state index in [9.17, 15) is 0 Å². The predicted molar refractivity (Wildman–Crippen MR) is 142 cm³/mol. The lowest BCUT2D eigenvalue weighted by atomic mass is 9.96. The maximum Gasteiger partial charge on any atom is 0.191 e. The van der Waals surface area contributed by atoms with Crippen LogP contribution in [-0.2, 0) is 13.6 Å². The minimum absolute atomic E-state index is 0. The van der Waals surface area contributed by atoms with E-state index in [-0.39, 0.29) is 24.0 Å². The van der Waals surface area contributed by atoms with Crippen LogP contribution in [-0.4, -0.2) is 51.3 Å². The third kappa shape index (κ3) is 7.43. The monoisotopic (exact) mass is 553 g/mol. The topological polar surface area (TPSA) is 70.4 Å². The Morgan fingerprint density at radius 2 is 1.81 bits per heavy atom. The Bertz CT molecular complexity index is 811. The molecule has 1 aliphatic carbocycles. The van der Waals surface area contributed by atoms with Crippen molar-refractivity contribution in [1.29, 1.82) is 0 Å².